The average molecular weight is 275 g/mol. The first-order chi connectivity index (χ1) is 9.74. The van der Waals surface area contributed by atoms with Gasteiger partial charge in [0.25, 0.3) is 0 Å². The van der Waals surface area contributed by atoms with Crippen LogP contribution in [0.25, 0.3) is 11.1 Å². The molecule has 0 aliphatic rings. The lowest BCUT2D eigenvalue weighted by molar-refractivity contribution is 0.625. The van der Waals surface area contributed by atoms with E-state index >= 15 is 0 Å². The maximum absolute atomic E-state index is 13.9. The third-order valence-electron chi connectivity index (χ3n) is 3.54. The molecule has 3 N–H and O–H groups in total. The lowest BCUT2D eigenvalue weighted by Crippen LogP contribution is -1.94. The van der Waals surface area contributed by atoms with Crippen LogP contribution in [0.2, 0.25) is 0 Å². The summed E-state index contributed by atoms with van der Waals surface area (Å²) in [7, 11) is 0. The first-order valence-corrected chi connectivity index (χ1v) is 7.31. The Morgan fingerprint density at radius 1 is 1.15 bits per heavy atom. The van der Waals surface area contributed by atoms with Gasteiger partial charge in [-0.15, -0.1) is 0 Å². The summed E-state index contributed by atoms with van der Waals surface area (Å²) in [5, 5.41) is 6.98. The van der Waals surface area contributed by atoms with E-state index in [0.717, 1.165) is 24.1 Å². The molecule has 0 aliphatic carbocycles. The normalized spacial score (nSPS) is 10.9. The fraction of sp³-hybridized carbons (Fsp3) is 0.438. The van der Waals surface area contributed by atoms with Gasteiger partial charge in [0.15, 0.2) is 5.82 Å². The predicted molar refractivity (Wildman–Crippen MR) is 80.9 cm³/mol. The van der Waals surface area contributed by atoms with Gasteiger partial charge < -0.3 is 5.73 Å². The Labute approximate surface area is 119 Å². The standard InChI is InChI=1S/C16H22FN3/c1-2-3-4-5-6-11-14-15(16(18)20-19-14)12-9-7-8-10-13(12)17/h7-10H,2-6,11H2,1H3,(H3,18,19,20). The lowest BCUT2D eigenvalue weighted by atomic mass is 10.0. The summed E-state index contributed by atoms with van der Waals surface area (Å²) >= 11 is 0. The maximum atomic E-state index is 13.9. The van der Waals surface area contributed by atoms with Gasteiger partial charge in [0.1, 0.15) is 5.82 Å². The van der Waals surface area contributed by atoms with E-state index in [4.69, 9.17) is 5.73 Å². The van der Waals surface area contributed by atoms with Crippen molar-refractivity contribution in [2.75, 3.05) is 5.73 Å². The number of aromatic amines is 1. The monoisotopic (exact) mass is 275 g/mol. The minimum absolute atomic E-state index is 0.257. The van der Waals surface area contributed by atoms with Crippen molar-refractivity contribution < 1.29 is 4.39 Å². The van der Waals surface area contributed by atoms with Crippen LogP contribution in [0.1, 0.15) is 44.7 Å². The number of nitrogens with two attached hydrogens (primary N) is 1. The molecule has 4 heteroatoms. The van der Waals surface area contributed by atoms with E-state index in [-0.39, 0.29) is 5.82 Å². The molecule has 1 aromatic heterocycles. The number of aryl methyl sites for hydroxylation is 1. The molecule has 0 aliphatic heterocycles. The van der Waals surface area contributed by atoms with E-state index in [1.54, 1.807) is 12.1 Å². The SMILES string of the molecule is CCCCCCCc1[nH]nc(N)c1-c1ccccc1F. The summed E-state index contributed by atoms with van der Waals surface area (Å²) in [6.45, 7) is 2.20. The van der Waals surface area contributed by atoms with Gasteiger partial charge in [-0.25, -0.2) is 4.39 Å². The van der Waals surface area contributed by atoms with E-state index in [1.165, 1.54) is 31.7 Å². The molecule has 108 valence electrons. The Kier molecular flexibility index (Phi) is 5.16. The van der Waals surface area contributed by atoms with Crippen LogP contribution >= 0.6 is 0 Å². The molecule has 0 amide bonds. The predicted octanol–water partition coefficient (Wildman–Crippen LogP) is 4.31. The highest BCUT2D eigenvalue weighted by Crippen LogP contribution is 2.30. The van der Waals surface area contributed by atoms with Crippen molar-refractivity contribution in [3.05, 3.63) is 35.8 Å². The molecule has 0 bridgehead atoms. The van der Waals surface area contributed by atoms with Crippen molar-refractivity contribution in [2.45, 2.75) is 45.4 Å². The molecule has 0 unspecified atom stereocenters. The molecule has 1 aromatic carbocycles. The summed E-state index contributed by atoms with van der Waals surface area (Å²) in [4.78, 5) is 0. The van der Waals surface area contributed by atoms with Crippen molar-refractivity contribution in [1.29, 1.82) is 0 Å². The second kappa shape index (κ2) is 7.08. The number of rotatable bonds is 7. The highest BCUT2D eigenvalue weighted by atomic mass is 19.1. The Morgan fingerprint density at radius 2 is 1.90 bits per heavy atom. The van der Waals surface area contributed by atoms with E-state index in [1.807, 2.05) is 6.07 Å². The van der Waals surface area contributed by atoms with Crippen molar-refractivity contribution in [2.24, 2.45) is 0 Å². The van der Waals surface area contributed by atoms with Gasteiger partial charge in [0, 0.05) is 16.8 Å². The summed E-state index contributed by atoms with van der Waals surface area (Å²) < 4.78 is 13.9. The van der Waals surface area contributed by atoms with Gasteiger partial charge in [0.2, 0.25) is 0 Å². The van der Waals surface area contributed by atoms with E-state index < -0.39 is 0 Å². The zero-order chi connectivity index (χ0) is 14.4. The van der Waals surface area contributed by atoms with Crippen molar-refractivity contribution in [3.8, 4) is 11.1 Å². The summed E-state index contributed by atoms with van der Waals surface area (Å²) in [6, 6.07) is 6.69. The molecule has 0 radical (unpaired) electrons. The highest BCUT2D eigenvalue weighted by Gasteiger charge is 2.15. The molecule has 1 heterocycles. The van der Waals surface area contributed by atoms with Crippen LogP contribution in [0.4, 0.5) is 10.2 Å². The molecule has 0 fully saturated rings. The number of halogens is 1. The average Bonchev–Trinajstić information content (AvgIpc) is 2.80. The third kappa shape index (κ3) is 3.38. The molecule has 20 heavy (non-hydrogen) atoms. The van der Waals surface area contributed by atoms with Gasteiger partial charge in [-0.1, -0.05) is 50.8 Å². The smallest absolute Gasteiger partial charge is 0.153 e. The largest absolute Gasteiger partial charge is 0.382 e. The number of hydrogen-bond acceptors (Lipinski definition) is 2. The molecular formula is C16H22FN3. The van der Waals surface area contributed by atoms with Crippen LogP contribution in [-0.2, 0) is 6.42 Å². The molecule has 0 saturated heterocycles. The number of aromatic nitrogens is 2. The molecule has 2 aromatic rings. The summed E-state index contributed by atoms with van der Waals surface area (Å²) in [5.74, 6) is 0.117. The van der Waals surface area contributed by atoms with E-state index in [2.05, 4.69) is 17.1 Å². The van der Waals surface area contributed by atoms with Crippen LogP contribution in [0.3, 0.4) is 0 Å². The number of nitrogens with one attached hydrogen (secondary N) is 1. The van der Waals surface area contributed by atoms with Crippen molar-refractivity contribution in [3.63, 3.8) is 0 Å². The zero-order valence-corrected chi connectivity index (χ0v) is 12.0. The van der Waals surface area contributed by atoms with Gasteiger partial charge in [-0.05, 0) is 18.9 Å². The molecule has 2 rings (SSSR count). The number of benzene rings is 1. The highest BCUT2D eigenvalue weighted by molar-refractivity contribution is 5.76. The van der Waals surface area contributed by atoms with Gasteiger partial charge >= 0.3 is 0 Å². The molecule has 0 atom stereocenters. The second-order valence-electron chi connectivity index (χ2n) is 5.11. The quantitative estimate of drug-likeness (QED) is 0.740. The van der Waals surface area contributed by atoms with Crippen LogP contribution in [-0.4, -0.2) is 10.2 Å². The fourth-order valence-electron chi connectivity index (χ4n) is 2.44. The first-order valence-electron chi connectivity index (χ1n) is 7.31. The number of hydrogen-bond donors (Lipinski definition) is 2. The van der Waals surface area contributed by atoms with E-state index in [9.17, 15) is 4.39 Å². The van der Waals surface area contributed by atoms with E-state index in [0.29, 0.717) is 11.4 Å². The molecule has 0 saturated carbocycles. The van der Waals surface area contributed by atoms with Crippen molar-refractivity contribution >= 4 is 5.82 Å². The molecular weight excluding hydrogens is 253 g/mol. The summed E-state index contributed by atoms with van der Waals surface area (Å²) in [6.07, 6.45) is 6.86. The van der Waals surface area contributed by atoms with Crippen LogP contribution in [0.5, 0.6) is 0 Å². The number of nitrogen functional groups attached to an aromatic ring is 1. The topological polar surface area (TPSA) is 54.7 Å². The second-order valence-corrected chi connectivity index (χ2v) is 5.11. The van der Waals surface area contributed by atoms with Gasteiger partial charge in [-0.3, -0.25) is 5.10 Å². The fourth-order valence-corrected chi connectivity index (χ4v) is 2.44. The zero-order valence-electron chi connectivity index (χ0n) is 12.0. The third-order valence-corrected chi connectivity index (χ3v) is 3.54. The molecule has 3 nitrogen and oxygen atoms in total. The lowest BCUT2D eigenvalue weighted by Gasteiger charge is -2.06. The number of anilines is 1. The maximum Gasteiger partial charge on any atom is 0.153 e. The van der Waals surface area contributed by atoms with Crippen LogP contribution in [0.15, 0.2) is 24.3 Å². The minimum atomic E-state index is -0.257. The molecule has 0 spiro atoms. The summed E-state index contributed by atoms with van der Waals surface area (Å²) in [5.41, 5.74) is 8.07. The Hall–Kier alpha value is -1.84. The van der Waals surface area contributed by atoms with Crippen LogP contribution in [0, 0.1) is 5.82 Å². The Bertz CT molecular complexity index is 548. The number of nitrogens with zero attached hydrogens (tertiary/aromatic N) is 1. The first kappa shape index (κ1) is 14.6. The van der Waals surface area contributed by atoms with Gasteiger partial charge in [0.05, 0.1) is 0 Å². The van der Waals surface area contributed by atoms with Crippen LogP contribution < -0.4 is 5.73 Å². The number of unbranched alkanes of at least 4 members (excludes halogenated alkanes) is 4. The minimum Gasteiger partial charge on any atom is -0.382 e. The number of H-pyrrole nitrogens is 1. The van der Waals surface area contributed by atoms with Crippen molar-refractivity contribution in [1.82, 2.24) is 10.2 Å². The Morgan fingerprint density at radius 3 is 2.65 bits per heavy atom. The Balaban J connectivity index is 2.10. The van der Waals surface area contributed by atoms with Gasteiger partial charge in [-0.2, -0.15) is 5.10 Å².